The molecule has 0 unspecified atom stereocenters. The number of carbonyl (C=O) groups excluding carboxylic acids is 1. The van der Waals surface area contributed by atoms with Crippen LogP contribution in [0.2, 0.25) is 5.02 Å². The minimum atomic E-state index is -3.58. The minimum Gasteiger partial charge on any atom is -0.319 e. The number of carbonyl (C=O) groups is 1. The van der Waals surface area contributed by atoms with Crippen molar-refractivity contribution in [2.45, 2.75) is 17.7 Å². The maximum atomic E-state index is 12.8. The molecule has 0 N–H and O–H groups in total. The number of thiazole rings is 1. The molecule has 152 valence electrons. The standard InChI is InChI=1S/C20H20ClN3O3S2/c1-23-17-4-2-3-5-18(17)28-20(23)22-19(25)14-10-12-24(13-11-14)29(26,27)16-8-6-15(21)7-9-16/h2-9,14H,10-13H2,1H3. The van der Waals surface area contributed by atoms with Crippen molar-refractivity contribution < 1.29 is 13.2 Å². The number of rotatable bonds is 3. The smallest absolute Gasteiger partial charge is 0.251 e. The Morgan fingerprint density at radius 3 is 2.41 bits per heavy atom. The molecule has 0 spiro atoms. The molecule has 3 aromatic rings. The maximum Gasteiger partial charge on any atom is 0.251 e. The largest absolute Gasteiger partial charge is 0.319 e. The highest BCUT2D eigenvalue weighted by atomic mass is 35.5. The van der Waals surface area contributed by atoms with Crippen LogP contribution in [0.3, 0.4) is 0 Å². The number of fused-ring (bicyclic) bond motifs is 1. The van der Waals surface area contributed by atoms with Crippen molar-refractivity contribution in [2.75, 3.05) is 13.1 Å². The molecular formula is C20H20ClN3O3S2. The number of amides is 1. The van der Waals surface area contributed by atoms with Crippen LogP contribution in [0.4, 0.5) is 0 Å². The second-order valence-electron chi connectivity index (χ2n) is 6.99. The van der Waals surface area contributed by atoms with Crippen LogP contribution >= 0.6 is 22.9 Å². The number of piperidine rings is 1. The Morgan fingerprint density at radius 1 is 1.10 bits per heavy atom. The summed E-state index contributed by atoms with van der Waals surface area (Å²) in [5.41, 5.74) is 1.04. The first-order valence-corrected chi connectivity index (χ1v) is 11.9. The van der Waals surface area contributed by atoms with Crippen LogP contribution < -0.4 is 4.80 Å². The van der Waals surface area contributed by atoms with E-state index in [1.165, 1.54) is 27.8 Å². The summed E-state index contributed by atoms with van der Waals surface area (Å²) < 4.78 is 30.0. The molecule has 0 bridgehead atoms. The topological polar surface area (TPSA) is 71.7 Å². The molecule has 0 radical (unpaired) electrons. The van der Waals surface area contributed by atoms with E-state index in [0.29, 0.717) is 35.8 Å². The van der Waals surface area contributed by atoms with Gasteiger partial charge in [-0.3, -0.25) is 4.79 Å². The predicted octanol–water partition coefficient (Wildman–Crippen LogP) is 3.42. The summed E-state index contributed by atoms with van der Waals surface area (Å²) in [5, 5.41) is 0.490. The van der Waals surface area contributed by atoms with E-state index in [9.17, 15) is 13.2 Å². The summed E-state index contributed by atoms with van der Waals surface area (Å²) in [5.74, 6) is -0.451. The Kier molecular flexibility index (Phi) is 5.61. The normalized spacial score (nSPS) is 17.1. The third-order valence-corrected chi connectivity index (χ3v) is 8.45. The lowest BCUT2D eigenvalue weighted by atomic mass is 9.98. The molecule has 9 heteroatoms. The van der Waals surface area contributed by atoms with Crippen molar-refractivity contribution in [2.24, 2.45) is 18.0 Å². The van der Waals surface area contributed by atoms with E-state index in [1.54, 1.807) is 12.1 Å². The number of halogens is 1. The third-order valence-electron chi connectivity index (χ3n) is 5.18. The Balaban J connectivity index is 1.48. The summed E-state index contributed by atoms with van der Waals surface area (Å²) >= 11 is 7.33. The van der Waals surface area contributed by atoms with E-state index in [-0.39, 0.29) is 16.7 Å². The molecule has 1 amide bonds. The molecule has 1 aromatic heterocycles. The molecule has 1 aliphatic rings. The van der Waals surface area contributed by atoms with Gasteiger partial charge >= 0.3 is 0 Å². The van der Waals surface area contributed by atoms with Gasteiger partial charge in [0.25, 0.3) is 5.91 Å². The quantitative estimate of drug-likeness (QED) is 0.615. The maximum absolute atomic E-state index is 12.8. The summed E-state index contributed by atoms with van der Waals surface area (Å²) in [4.78, 5) is 17.9. The van der Waals surface area contributed by atoms with E-state index in [0.717, 1.165) is 10.2 Å². The molecule has 1 fully saturated rings. The molecule has 1 saturated heterocycles. The van der Waals surface area contributed by atoms with Gasteiger partial charge in [-0.15, -0.1) is 0 Å². The number of aryl methyl sites for hydroxylation is 1. The lowest BCUT2D eigenvalue weighted by Gasteiger charge is -2.29. The minimum absolute atomic E-state index is 0.185. The Hall–Kier alpha value is -2.00. The van der Waals surface area contributed by atoms with Crippen LogP contribution in [0.1, 0.15) is 12.8 Å². The molecule has 0 saturated carbocycles. The third kappa shape index (κ3) is 4.02. The fraction of sp³-hybridized carbons (Fsp3) is 0.300. The number of hydrogen-bond donors (Lipinski definition) is 0. The molecule has 0 atom stereocenters. The average Bonchev–Trinajstić information content (AvgIpc) is 3.04. The highest BCUT2D eigenvalue weighted by Crippen LogP contribution is 2.25. The zero-order valence-corrected chi connectivity index (χ0v) is 18.2. The van der Waals surface area contributed by atoms with Gasteiger partial charge in [0, 0.05) is 31.1 Å². The van der Waals surface area contributed by atoms with E-state index >= 15 is 0 Å². The van der Waals surface area contributed by atoms with Crippen molar-refractivity contribution in [3.63, 3.8) is 0 Å². The van der Waals surface area contributed by atoms with Gasteiger partial charge < -0.3 is 4.57 Å². The number of benzene rings is 2. The van der Waals surface area contributed by atoms with Crippen molar-refractivity contribution in [3.05, 3.63) is 58.4 Å². The summed E-state index contributed by atoms with van der Waals surface area (Å²) in [7, 11) is -1.69. The van der Waals surface area contributed by atoms with Gasteiger partial charge in [-0.25, -0.2) is 8.42 Å². The number of para-hydroxylation sites is 1. The number of sulfonamides is 1. The van der Waals surface area contributed by atoms with Gasteiger partial charge in [0.05, 0.1) is 15.1 Å². The van der Waals surface area contributed by atoms with Crippen molar-refractivity contribution >= 4 is 49.1 Å². The Labute approximate surface area is 178 Å². The van der Waals surface area contributed by atoms with E-state index in [2.05, 4.69) is 4.99 Å². The van der Waals surface area contributed by atoms with Gasteiger partial charge in [0.2, 0.25) is 10.0 Å². The molecular weight excluding hydrogens is 430 g/mol. The second-order valence-corrected chi connectivity index (χ2v) is 10.4. The van der Waals surface area contributed by atoms with Gasteiger partial charge in [-0.2, -0.15) is 9.30 Å². The van der Waals surface area contributed by atoms with Gasteiger partial charge in [0.15, 0.2) is 4.80 Å². The molecule has 4 rings (SSSR count). The molecule has 2 aromatic carbocycles. The fourth-order valence-corrected chi connectivity index (χ4v) is 6.09. The monoisotopic (exact) mass is 449 g/mol. The van der Waals surface area contributed by atoms with Crippen LogP contribution in [0.25, 0.3) is 10.2 Å². The first-order valence-electron chi connectivity index (χ1n) is 9.25. The van der Waals surface area contributed by atoms with Crippen LogP contribution in [-0.4, -0.2) is 36.3 Å². The predicted molar refractivity (Wildman–Crippen MR) is 114 cm³/mol. The molecule has 0 aliphatic carbocycles. The van der Waals surface area contributed by atoms with Crippen LogP contribution in [0, 0.1) is 5.92 Å². The zero-order chi connectivity index (χ0) is 20.6. The van der Waals surface area contributed by atoms with Gasteiger partial charge in [-0.1, -0.05) is 35.1 Å². The number of aromatic nitrogens is 1. The highest BCUT2D eigenvalue weighted by molar-refractivity contribution is 7.89. The number of hydrogen-bond acceptors (Lipinski definition) is 4. The molecule has 29 heavy (non-hydrogen) atoms. The van der Waals surface area contributed by atoms with Crippen molar-refractivity contribution in [1.82, 2.24) is 8.87 Å². The lowest BCUT2D eigenvalue weighted by molar-refractivity contribution is -0.122. The lowest BCUT2D eigenvalue weighted by Crippen LogP contribution is -2.40. The Bertz CT molecular complexity index is 1220. The summed E-state index contributed by atoms with van der Waals surface area (Å²) in [6.45, 7) is 0.602. The first-order chi connectivity index (χ1) is 13.9. The molecule has 2 heterocycles. The first kappa shape index (κ1) is 20.3. The van der Waals surface area contributed by atoms with E-state index in [1.807, 2.05) is 35.9 Å². The fourth-order valence-electron chi connectivity index (χ4n) is 3.47. The van der Waals surface area contributed by atoms with Gasteiger partial charge in [0.1, 0.15) is 0 Å². The number of nitrogens with zero attached hydrogens (tertiary/aromatic N) is 3. The van der Waals surface area contributed by atoms with Crippen LogP contribution in [-0.2, 0) is 21.9 Å². The highest BCUT2D eigenvalue weighted by Gasteiger charge is 2.32. The van der Waals surface area contributed by atoms with Crippen LogP contribution in [0.5, 0.6) is 0 Å². The second kappa shape index (κ2) is 8.02. The molecule has 6 nitrogen and oxygen atoms in total. The zero-order valence-electron chi connectivity index (χ0n) is 15.8. The van der Waals surface area contributed by atoms with Crippen LogP contribution in [0.15, 0.2) is 58.4 Å². The Morgan fingerprint density at radius 2 is 1.76 bits per heavy atom. The van der Waals surface area contributed by atoms with E-state index < -0.39 is 10.0 Å². The van der Waals surface area contributed by atoms with Gasteiger partial charge in [-0.05, 0) is 49.2 Å². The summed E-state index contributed by atoms with van der Waals surface area (Å²) in [6.07, 6.45) is 0.924. The SMILES string of the molecule is Cn1c(=NC(=O)C2CCN(S(=O)(=O)c3ccc(Cl)cc3)CC2)sc2ccccc21. The van der Waals surface area contributed by atoms with Crippen molar-refractivity contribution in [1.29, 1.82) is 0 Å². The average molecular weight is 450 g/mol. The molecule has 1 aliphatic heterocycles. The van der Waals surface area contributed by atoms with Crippen molar-refractivity contribution in [3.8, 4) is 0 Å². The van der Waals surface area contributed by atoms with E-state index in [4.69, 9.17) is 11.6 Å². The summed E-state index contributed by atoms with van der Waals surface area (Å²) in [6, 6.07) is 14.1.